The van der Waals surface area contributed by atoms with Crippen molar-refractivity contribution in [2.45, 2.75) is 11.8 Å². The van der Waals surface area contributed by atoms with Gasteiger partial charge in [0.25, 0.3) is 0 Å². The zero-order chi connectivity index (χ0) is 16.9. The largest absolute Gasteiger partial charge is 0.376 e. The number of ether oxygens (including phenoxy) is 1. The zero-order valence-corrected chi connectivity index (χ0v) is 15.3. The van der Waals surface area contributed by atoms with E-state index in [1.54, 1.807) is 24.2 Å². The molecule has 0 N–H and O–H groups in total. The normalized spacial score (nSPS) is 12.6. The number of thioether (sulfide) groups is 1. The van der Waals surface area contributed by atoms with Gasteiger partial charge in [-0.1, -0.05) is 12.1 Å². The molecule has 0 aliphatic heterocycles. The van der Waals surface area contributed by atoms with Gasteiger partial charge in [-0.25, -0.2) is 9.97 Å². The standard InChI is InChI=1S/C17H19N3O2S2/c1-23-11-10-22-12-13-4-3-5-15-14(13)7-9-20(15)16-6-8-18-17(19-16)24(2)21/h3-9H,10-12H2,1-2H3. The highest BCUT2D eigenvalue weighted by Crippen LogP contribution is 2.23. The molecule has 1 atom stereocenters. The molecular formula is C17H19N3O2S2. The number of hydrogen-bond donors (Lipinski definition) is 0. The Labute approximate surface area is 147 Å². The van der Waals surface area contributed by atoms with E-state index in [4.69, 9.17) is 4.74 Å². The molecule has 0 saturated carbocycles. The van der Waals surface area contributed by atoms with Gasteiger partial charge in [0.2, 0.25) is 5.16 Å². The van der Waals surface area contributed by atoms with Crippen LogP contribution in [0.3, 0.4) is 0 Å². The number of benzene rings is 1. The lowest BCUT2D eigenvalue weighted by molar-refractivity contribution is 0.137. The first-order valence-electron chi connectivity index (χ1n) is 7.53. The summed E-state index contributed by atoms with van der Waals surface area (Å²) in [6, 6.07) is 10.0. The van der Waals surface area contributed by atoms with Gasteiger partial charge in [-0.15, -0.1) is 0 Å². The van der Waals surface area contributed by atoms with Crippen molar-refractivity contribution in [1.29, 1.82) is 0 Å². The summed E-state index contributed by atoms with van der Waals surface area (Å²) in [7, 11) is -1.20. The molecule has 0 bridgehead atoms. The third-order valence-corrected chi connectivity index (χ3v) is 4.92. The molecule has 5 nitrogen and oxygen atoms in total. The van der Waals surface area contributed by atoms with Gasteiger partial charge >= 0.3 is 0 Å². The van der Waals surface area contributed by atoms with Crippen LogP contribution in [-0.4, -0.2) is 43.6 Å². The van der Waals surface area contributed by atoms with Gasteiger partial charge in [0.15, 0.2) is 0 Å². The Balaban J connectivity index is 1.93. The lowest BCUT2D eigenvalue weighted by Gasteiger charge is -2.08. The van der Waals surface area contributed by atoms with Crippen molar-refractivity contribution in [1.82, 2.24) is 14.5 Å². The average molecular weight is 361 g/mol. The molecule has 126 valence electrons. The monoisotopic (exact) mass is 361 g/mol. The number of nitrogens with zero attached hydrogens (tertiary/aromatic N) is 3. The fourth-order valence-corrected chi connectivity index (χ4v) is 3.20. The minimum absolute atomic E-state index is 0.339. The summed E-state index contributed by atoms with van der Waals surface area (Å²) in [4.78, 5) is 8.46. The van der Waals surface area contributed by atoms with Gasteiger partial charge in [0, 0.05) is 29.8 Å². The third-order valence-electron chi connectivity index (χ3n) is 3.64. The molecule has 0 spiro atoms. The summed E-state index contributed by atoms with van der Waals surface area (Å²) < 4.78 is 19.3. The number of aromatic nitrogens is 3. The molecule has 1 aromatic carbocycles. The Hall–Kier alpha value is -1.70. The lowest BCUT2D eigenvalue weighted by Crippen LogP contribution is -2.02. The van der Waals surface area contributed by atoms with Crippen LogP contribution in [0.2, 0.25) is 0 Å². The van der Waals surface area contributed by atoms with Crippen LogP contribution in [0.15, 0.2) is 47.9 Å². The zero-order valence-electron chi connectivity index (χ0n) is 13.6. The molecule has 3 aromatic rings. The molecule has 0 aliphatic rings. The summed E-state index contributed by atoms with van der Waals surface area (Å²) in [6.07, 6.45) is 7.27. The second kappa shape index (κ2) is 7.92. The maximum absolute atomic E-state index is 11.6. The molecule has 3 rings (SSSR count). The lowest BCUT2D eigenvalue weighted by atomic mass is 10.1. The Bertz CT molecular complexity index is 864. The van der Waals surface area contributed by atoms with Crippen LogP contribution in [0, 0.1) is 0 Å². The molecule has 2 heterocycles. The Kier molecular flexibility index (Phi) is 5.65. The van der Waals surface area contributed by atoms with Crippen molar-refractivity contribution in [2.75, 3.05) is 24.9 Å². The van der Waals surface area contributed by atoms with Gasteiger partial charge in [-0.2, -0.15) is 11.8 Å². The highest BCUT2D eigenvalue weighted by atomic mass is 32.2. The predicted molar refractivity (Wildman–Crippen MR) is 99.2 cm³/mol. The van der Waals surface area contributed by atoms with Crippen molar-refractivity contribution >= 4 is 33.5 Å². The molecule has 0 saturated heterocycles. The first kappa shape index (κ1) is 17.1. The minimum Gasteiger partial charge on any atom is -0.376 e. The van der Waals surface area contributed by atoms with Crippen LogP contribution >= 0.6 is 11.8 Å². The summed E-state index contributed by atoms with van der Waals surface area (Å²) in [5.74, 6) is 1.71. The maximum Gasteiger partial charge on any atom is 0.220 e. The maximum atomic E-state index is 11.6. The van der Waals surface area contributed by atoms with Crippen LogP contribution in [-0.2, 0) is 22.1 Å². The average Bonchev–Trinajstić information content (AvgIpc) is 3.03. The van der Waals surface area contributed by atoms with Crippen molar-refractivity contribution in [3.8, 4) is 5.82 Å². The second-order valence-electron chi connectivity index (χ2n) is 5.23. The quantitative estimate of drug-likeness (QED) is 0.478. The number of fused-ring (bicyclic) bond motifs is 1. The molecular weight excluding hydrogens is 342 g/mol. The first-order valence-corrected chi connectivity index (χ1v) is 10.5. The van der Waals surface area contributed by atoms with Crippen LogP contribution in [0.5, 0.6) is 0 Å². The predicted octanol–water partition coefficient (Wildman–Crippen LogP) is 3.04. The van der Waals surface area contributed by atoms with E-state index in [1.165, 1.54) is 0 Å². The topological polar surface area (TPSA) is 57.0 Å². The molecule has 0 aliphatic carbocycles. The Morgan fingerprint density at radius 3 is 2.96 bits per heavy atom. The molecule has 0 amide bonds. The van der Waals surface area contributed by atoms with E-state index >= 15 is 0 Å². The van der Waals surface area contributed by atoms with Crippen molar-refractivity contribution < 1.29 is 8.95 Å². The molecule has 0 fully saturated rings. The second-order valence-corrected chi connectivity index (χ2v) is 7.49. The molecule has 7 heteroatoms. The van der Waals surface area contributed by atoms with Gasteiger partial charge in [0.05, 0.1) is 29.5 Å². The van der Waals surface area contributed by atoms with Gasteiger partial charge < -0.3 is 9.30 Å². The van der Waals surface area contributed by atoms with E-state index in [9.17, 15) is 4.21 Å². The van der Waals surface area contributed by atoms with E-state index in [0.29, 0.717) is 17.6 Å². The molecule has 24 heavy (non-hydrogen) atoms. The van der Waals surface area contributed by atoms with E-state index in [2.05, 4.69) is 28.4 Å². The Morgan fingerprint density at radius 1 is 1.29 bits per heavy atom. The molecule has 0 radical (unpaired) electrons. The van der Waals surface area contributed by atoms with Gasteiger partial charge in [-0.05, 0) is 30.0 Å². The Morgan fingerprint density at radius 2 is 2.17 bits per heavy atom. The van der Waals surface area contributed by atoms with Crippen LogP contribution in [0.1, 0.15) is 5.56 Å². The summed E-state index contributed by atoms with van der Waals surface area (Å²) in [6.45, 7) is 1.34. The van der Waals surface area contributed by atoms with Crippen LogP contribution in [0.25, 0.3) is 16.7 Å². The summed E-state index contributed by atoms with van der Waals surface area (Å²) >= 11 is 1.78. The van der Waals surface area contributed by atoms with Crippen LogP contribution in [0.4, 0.5) is 0 Å². The van der Waals surface area contributed by atoms with Crippen molar-refractivity contribution in [3.63, 3.8) is 0 Å². The number of rotatable bonds is 7. The van der Waals surface area contributed by atoms with Crippen molar-refractivity contribution in [2.24, 2.45) is 0 Å². The SMILES string of the molecule is CSCCOCc1cccc2c1ccn2-c1ccnc(S(C)=O)n1. The first-order chi connectivity index (χ1) is 11.7. The van der Waals surface area contributed by atoms with Crippen molar-refractivity contribution in [3.05, 3.63) is 48.3 Å². The van der Waals surface area contributed by atoms with Crippen LogP contribution < -0.4 is 0 Å². The highest BCUT2D eigenvalue weighted by molar-refractivity contribution is 7.98. The highest BCUT2D eigenvalue weighted by Gasteiger charge is 2.10. The summed E-state index contributed by atoms with van der Waals surface area (Å²) in [5, 5.41) is 1.48. The molecule has 1 unspecified atom stereocenters. The van der Waals surface area contributed by atoms with Gasteiger partial charge in [-0.3, -0.25) is 4.21 Å². The molecule has 2 aromatic heterocycles. The minimum atomic E-state index is -1.20. The summed E-state index contributed by atoms with van der Waals surface area (Å²) in [5.41, 5.74) is 2.20. The fraction of sp³-hybridized carbons (Fsp3) is 0.294. The number of hydrogen-bond acceptors (Lipinski definition) is 5. The smallest absolute Gasteiger partial charge is 0.220 e. The van der Waals surface area contributed by atoms with E-state index in [-0.39, 0.29) is 0 Å². The fourth-order valence-electron chi connectivity index (χ4n) is 2.49. The van der Waals surface area contributed by atoms with E-state index in [1.807, 2.05) is 29.0 Å². The van der Waals surface area contributed by atoms with E-state index < -0.39 is 10.8 Å². The van der Waals surface area contributed by atoms with Gasteiger partial charge in [0.1, 0.15) is 5.82 Å². The third kappa shape index (κ3) is 3.68. The van der Waals surface area contributed by atoms with E-state index in [0.717, 1.165) is 28.8 Å².